The van der Waals surface area contributed by atoms with Crippen molar-refractivity contribution in [1.82, 2.24) is 10.4 Å². The van der Waals surface area contributed by atoms with Crippen molar-refractivity contribution in [1.29, 1.82) is 0 Å². The number of imide groups is 1. The maximum Gasteiger partial charge on any atom is 0.359 e. The normalized spacial score (nSPS) is 24.9. The molecular weight excluding hydrogens is 242 g/mol. The standard InChI is InChI=1S/C10H11N3O3S/c1-10(17)11-8(14)12(9(15)13(10)16)7-5-3-2-4-6-7/h2-6,16-17H,1H3,(H,11,14). The lowest BCUT2D eigenvalue weighted by Crippen LogP contribution is -2.68. The molecule has 2 N–H and O–H groups in total. The summed E-state index contributed by atoms with van der Waals surface area (Å²) < 4.78 is 0. The van der Waals surface area contributed by atoms with E-state index in [-0.39, 0.29) is 0 Å². The maximum atomic E-state index is 11.8. The third-order valence-corrected chi connectivity index (χ3v) is 2.65. The summed E-state index contributed by atoms with van der Waals surface area (Å²) in [7, 11) is 0. The molecule has 6 nitrogen and oxygen atoms in total. The summed E-state index contributed by atoms with van der Waals surface area (Å²) in [4.78, 5) is 23.0. The number of hydroxylamine groups is 2. The van der Waals surface area contributed by atoms with E-state index in [1.807, 2.05) is 0 Å². The van der Waals surface area contributed by atoms with Gasteiger partial charge in [-0.1, -0.05) is 18.2 Å². The minimum atomic E-state index is -1.42. The molecule has 17 heavy (non-hydrogen) atoms. The van der Waals surface area contributed by atoms with Crippen LogP contribution in [0.1, 0.15) is 6.92 Å². The van der Waals surface area contributed by atoms with E-state index in [2.05, 4.69) is 17.9 Å². The summed E-state index contributed by atoms with van der Waals surface area (Å²) in [6, 6.07) is 6.83. The summed E-state index contributed by atoms with van der Waals surface area (Å²) in [6.07, 6.45) is 0. The Balaban J connectivity index is 2.37. The topological polar surface area (TPSA) is 72.9 Å². The summed E-state index contributed by atoms with van der Waals surface area (Å²) in [6.45, 7) is 1.40. The van der Waals surface area contributed by atoms with Crippen LogP contribution in [0.25, 0.3) is 0 Å². The van der Waals surface area contributed by atoms with E-state index >= 15 is 0 Å². The molecule has 90 valence electrons. The van der Waals surface area contributed by atoms with Gasteiger partial charge in [-0.3, -0.25) is 5.21 Å². The molecule has 7 heteroatoms. The van der Waals surface area contributed by atoms with Gasteiger partial charge in [-0.25, -0.2) is 14.5 Å². The van der Waals surface area contributed by atoms with Crippen molar-refractivity contribution < 1.29 is 14.8 Å². The third kappa shape index (κ3) is 1.94. The highest BCUT2D eigenvalue weighted by Crippen LogP contribution is 2.25. The van der Waals surface area contributed by atoms with Crippen molar-refractivity contribution in [3.63, 3.8) is 0 Å². The molecule has 1 aliphatic rings. The van der Waals surface area contributed by atoms with E-state index in [0.717, 1.165) is 4.90 Å². The molecule has 1 fully saturated rings. The fraction of sp³-hybridized carbons (Fsp3) is 0.200. The van der Waals surface area contributed by atoms with E-state index in [0.29, 0.717) is 10.8 Å². The summed E-state index contributed by atoms with van der Waals surface area (Å²) >= 11 is 3.98. The number of rotatable bonds is 1. The van der Waals surface area contributed by atoms with Crippen molar-refractivity contribution in [3.05, 3.63) is 30.3 Å². The number of hydrogen-bond acceptors (Lipinski definition) is 4. The average Bonchev–Trinajstić information content (AvgIpc) is 2.27. The maximum absolute atomic E-state index is 11.8. The van der Waals surface area contributed by atoms with Gasteiger partial charge in [0.25, 0.3) is 0 Å². The molecule has 0 radical (unpaired) electrons. The molecule has 4 amide bonds. The quantitative estimate of drug-likeness (QED) is 0.526. The number of anilines is 1. The highest BCUT2D eigenvalue weighted by Gasteiger charge is 2.44. The first kappa shape index (κ1) is 11.7. The van der Waals surface area contributed by atoms with Crippen molar-refractivity contribution in [2.24, 2.45) is 0 Å². The Kier molecular flexibility index (Phi) is 2.72. The summed E-state index contributed by atoms with van der Waals surface area (Å²) in [5.74, 6) is 0. The Morgan fingerprint density at radius 2 is 1.88 bits per heavy atom. The first-order valence-corrected chi connectivity index (χ1v) is 5.31. The van der Waals surface area contributed by atoms with E-state index in [9.17, 15) is 14.8 Å². The smallest absolute Gasteiger partial charge is 0.304 e. The van der Waals surface area contributed by atoms with Crippen molar-refractivity contribution in [3.8, 4) is 0 Å². The van der Waals surface area contributed by atoms with E-state index in [1.165, 1.54) is 6.92 Å². The Morgan fingerprint density at radius 3 is 2.47 bits per heavy atom. The van der Waals surface area contributed by atoms with Crippen LogP contribution in [0.15, 0.2) is 30.3 Å². The number of benzene rings is 1. The Morgan fingerprint density at radius 1 is 1.29 bits per heavy atom. The zero-order chi connectivity index (χ0) is 12.6. The number of amides is 4. The number of thiol groups is 1. The number of carbonyl (C=O) groups is 2. The molecule has 1 atom stereocenters. The second-order valence-corrected chi connectivity index (χ2v) is 4.59. The predicted octanol–water partition coefficient (Wildman–Crippen LogP) is 1.63. The molecule has 0 spiro atoms. The van der Waals surface area contributed by atoms with E-state index in [1.54, 1.807) is 30.3 Å². The van der Waals surface area contributed by atoms with Gasteiger partial charge in [0.2, 0.25) is 0 Å². The Hall–Kier alpha value is -1.73. The first-order chi connectivity index (χ1) is 7.93. The average molecular weight is 253 g/mol. The fourth-order valence-corrected chi connectivity index (χ4v) is 1.67. The lowest BCUT2D eigenvalue weighted by atomic mass is 10.3. The zero-order valence-corrected chi connectivity index (χ0v) is 9.89. The molecule has 0 aromatic heterocycles. The molecule has 1 aromatic carbocycles. The molecule has 1 unspecified atom stereocenters. The van der Waals surface area contributed by atoms with Crippen LogP contribution in [-0.4, -0.2) is 27.3 Å². The largest absolute Gasteiger partial charge is 0.359 e. The lowest BCUT2D eigenvalue weighted by molar-refractivity contribution is -0.0932. The van der Waals surface area contributed by atoms with Gasteiger partial charge < -0.3 is 5.32 Å². The zero-order valence-electron chi connectivity index (χ0n) is 8.99. The van der Waals surface area contributed by atoms with Crippen LogP contribution in [-0.2, 0) is 0 Å². The Bertz CT molecular complexity index is 463. The number of nitrogens with zero attached hydrogens (tertiary/aromatic N) is 2. The van der Waals surface area contributed by atoms with Gasteiger partial charge in [-0.05, 0) is 19.1 Å². The molecule has 2 rings (SSSR count). The molecule has 0 aliphatic carbocycles. The number of urea groups is 2. The van der Waals surface area contributed by atoms with Gasteiger partial charge in [0.15, 0.2) is 4.99 Å². The van der Waals surface area contributed by atoms with Crippen LogP contribution in [0.4, 0.5) is 15.3 Å². The first-order valence-electron chi connectivity index (χ1n) is 4.86. The van der Waals surface area contributed by atoms with Gasteiger partial charge in [0, 0.05) is 0 Å². The van der Waals surface area contributed by atoms with E-state index in [4.69, 9.17) is 0 Å². The number of para-hydroxylation sites is 1. The van der Waals surface area contributed by atoms with Gasteiger partial charge in [0.1, 0.15) is 0 Å². The second-order valence-electron chi connectivity index (χ2n) is 3.72. The molecular formula is C10H11N3O3S. The lowest BCUT2D eigenvalue weighted by Gasteiger charge is -2.41. The SMILES string of the molecule is CC1(S)NC(=O)N(c2ccccc2)C(=O)N1O. The molecule has 1 aromatic rings. The number of carbonyl (C=O) groups excluding carboxylic acids is 2. The molecule has 1 saturated heterocycles. The Labute approximate surface area is 103 Å². The predicted molar refractivity (Wildman–Crippen MR) is 63.9 cm³/mol. The monoisotopic (exact) mass is 253 g/mol. The highest BCUT2D eigenvalue weighted by molar-refractivity contribution is 7.81. The number of nitrogens with one attached hydrogen (secondary N) is 1. The highest BCUT2D eigenvalue weighted by atomic mass is 32.1. The van der Waals surface area contributed by atoms with Crippen LogP contribution < -0.4 is 10.2 Å². The van der Waals surface area contributed by atoms with Crippen molar-refractivity contribution >= 4 is 30.4 Å². The number of hydrogen-bond donors (Lipinski definition) is 3. The minimum Gasteiger partial charge on any atom is -0.304 e. The minimum absolute atomic E-state index is 0.366. The van der Waals surface area contributed by atoms with E-state index < -0.39 is 17.1 Å². The third-order valence-electron chi connectivity index (χ3n) is 2.35. The molecule has 0 bridgehead atoms. The molecule has 0 saturated carbocycles. The van der Waals surface area contributed by atoms with Crippen LogP contribution in [0, 0.1) is 0 Å². The van der Waals surface area contributed by atoms with Crippen molar-refractivity contribution in [2.75, 3.05) is 4.90 Å². The summed E-state index contributed by atoms with van der Waals surface area (Å²) in [5, 5.41) is 12.4. The van der Waals surface area contributed by atoms with Gasteiger partial charge in [-0.15, -0.1) is 12.6 Å². The van der Waals surface area contributed by atoms with Gasteiger partial charge in [-0.2, -0.15) is 5.06 Å². The van der Waals surface area contributed by atoms with Crippen LogP contribution in [0.5, 0.6) is 0 Å². The van der Waals surface area contributed by atoms with Crippen molar-refractivity contribution in [2.45, 2.75) is 11.9 Å². The fourth-order valence-electron chi connectivity index (χ4n) is 1.48. The van der Waals surface area contributed by atoms with Crippen LogP contribution in [0.2, 0.25) is 0 Å². The van der Waals surface area contributed by atoms with Gasteiger partial charge >= 0.3 is 12.1 Å². The van der Waals surface area contributed by atoms with Gasteiger partial charge in [0.05, 0.1) is 5.69 Å². The van der Waals surface area contributed by atoms with Crippen LogP contribution >= 0.6 is 12.6 Å². The molecule has 1 heterocycles. The summed E-state index contributed by atoms with van der Waals surface area (Å²) in [5.41, 5.74) is 0.373. The second kappa shape index (κ2) is 3.94. The van der Waals surface area contributed by atoms with Crippen LogP contribution in [0.3, 0.4) is 0 Å². The molecule has 1 aliphatic heterocycles.